The van der Waals surface area contributed by atoms with Crippen LogP contribution in [0.15, 0.2) is 24.3 Å². The Balaban J connectivity index is 1.49. The van der Waals surface area contributed by atoms with Crippen molar-refractivity contribution in [1.82, 2.24) is 20.1 Å². The summed E-state index contributed by atoms with van der Waals surface area (Å²) in [5, 5.41) is 3.51. The molecule has 0 saturated carbocycles. The number of methoxy groups -OCH3 is 1. The number of nitrogens with one attached hydrogen (secondary N) is 1. The largest absolute Gasteiger partial charge is 0.489 e. The fourth-order valence-corrected chi connectivity index (χ4v) is 6.42. The van der Waals surface area contributed by atoms with Gasteiger partial charge < -0.3 is 24.6 Å². The van der Waals surface area contributed by atoms with Gasteiger partial charge in [0.05, 0.1) is 17.8 Å². The van der Waals surface area contributed by atoms with E-state index in [2.05, 4.69) is 29.0 Å². The summed E-state index contributed by atoms with van der Waals surface area (Å²) in [4.78, 5) is 25.5. The van der Waals surface area contributed by atoms with Crippen LogP contribution in [-0.4, -0.2) is 97.4 Å². The first-order chi connectivity index (χ1) is 17.8. The molecule has 4 aliphatic rings. The molecule has 8 nitrogen and oxygen atoms in total. The molecule has 5 heterocycles. The van der Waals surface area contributed by atoms with Crippen LogP contribution < -0.4 is 15.0 Å². The van der Waals surface area contributed by atoms with Gasteiger partial charge in [0, 0.05) is 63.5 Å². The molecule has 10 heteroatoms. The summed E-state index contributed by atoms with van der Waals surface area (Å²) in [5.41, 5.74) is 0.665. The third-order valence-corrected chi connectivity index (χ3v) is 8.64. The maximum Gasteiger partial charge on any atom is 0.261 e. The van der Waals surface area contributed by atoms with Crippen molar-refractivity contribution in [2.75, 3.05) is 57.9 Å². The minimum absolute atomic E-state index is 0.110. The molecule has 198 valence electrons. The van der Waals surface area contributed by atoms with Gasteiger partial charge in [0.25, 0.3) is 5.91 Å². The third-order valence-electron chi connectivity index (χ3n) is 8.29. The van der Waals surface area contributed by atoms with E-state index >= 15 is 0 Å². The van der Waals surface area contributed by atoms with Crippen LogP contribution in [0.4, 0.5) is 10.2 Å². The lowest BCUT2D eigenvalue weighted by Crippen LogP contribution is -2.56. The molecular weight excluding hydrogens is 497 g/mol. The van der Waals surface area contributed by atoms with Gasteiger partial charge >= 0.3 is 0 Å². The molecule has 1 amide bonds. The molecule has 3 saturated heterocycles. The van der Waals surface area contributed by atoms with Crippen molar-refractivity contribution in [3.05, 3.63) is 40.7 Å². The van der Waals surface area contributed by atoms with E-state index in [9.17, 15) is 9.18 Å². The molecular formula is C27H33ClFN5O3. The van der Waals surface area contributed by atoms with E-state index in [-0.39, 0.29) is 34.2 Å². The SMILES string of the molecule is COC1CN([C@@H]2CN(c3nc(-c4ccccc4F)c(Cl)c4c3C(=O)N3CCNC[C@@H]3CO4)C(C)(C)C2)C1. The number of halogens is 2. The first-order valence-corrected chi connectivity index (χ1v) is 13.3. The summed E-state index contributed by atoms with van der Waals surface area (Å²) >= 11 is 6.88. The molecule has 1 aromatic carbocycles. The van der Waals surface area contributed by atoms with Crippen LogP contribution in [0.5, 0.6) is 5.75 Å². The summed E-state index contributed by atoms with van der Waals surface area (Å²) in [6, 6.07) is 6.63. The molecule has 0 aliphatic carbocycles. The van der Waals surface area contributed by atoms with Gasteiger partial charge in [-0.05, 0) is 32.4 Å². The number of carbonyl (C=O) groups excluding carboxylic acids is 1. The van der Waals surface area contributed by atoms with E-state index in [0.717, 1.165) is 19.5 Å². The Bertz CT molecular complexity index is 1220. The molecule has 2 atom stereocenters. The number of piperazine rings is 1. The molecule has 0 radical (unpaired) electrons. The first-order valence-electron chi connectivity index (χ1n) is 13.0. The van der Waals surface area contributed by atoms with Crippen LogP contribution in [0.1, 0.15) is 30.6 Å². The maximum absolute atomic E-state index is 15.0. The summed E-state index contributed by atoms with van der Waals surface area (Å²) in [6.07, 6.45) is 1.16. The first kappa shape index (κ1) is 24.9. The summed E-state index contributed by atoms with van der Waals surface area (Å²) in [6.45, 7) is 9.06. The van der Waals surface area contributed by atoms with Gasteiger partial charge in [-0.25, -0.2) is 9.37 Å². The zero-order valence-corrected chi connectivity index (χ0v) is 22.2. The number of hydrogen-bond acceptors (Lipinski definition) is 7. The van der Waals surface area contributed by atoms with Crippen LogP contribution in [0.3, 0.4) is 0 Å². The number of anilines is 1. The Hall–Kier alpha value is -2.46. The Labute approximate surface area is 221 Å². The average molecular weight is 530 g/mol. The number of ether oxygens (including phenoxy) is 2. The number of aromatic nitrogens is 1. The van der Waals surface area contributed by atoms with Gasteiger partial charge in [-0.15, -0.1) is 0 Å². The van der Waals surface area contributed by atoms with E-state index in [1.54, 1.807) is 25.3 Å². The summed E-state index contributed by atoms with van der Waals surface area (Å²) in [5.74, 6) is 0.255. The lowest BCUT2D eigenvalue weighted by Gasteiger charge is -2.42. The Morgan fingerprint density at radius 3 is 2.76 bits per heavy atom. The second-order valence-electron chi connectivity index (χ2n) is 11.0. The lowest BCUT2D eigenvalue weighted by atomic mass is 9.97. The number of amides is 1. The van der Waals surface area contributed by atoms with Gasteiger partial charge in [0.2, 0.25) is 0 Å². The summed E-state index contributed by atoms with van der Waals surface area (Å²) in [7, 11) is 1.75. The minimum atomic E-state index is -0.422. The molecule has 0 spiro atoms. The molecule has 2 aromatic rings. The Kier molecular flexibility index (Phi) is 6.30. The van der Waals surface area contributed by atoms with Crippen molar-refractivity contribution >= 4 is 23.3 Å². The van der Waals surface area contributed by atoms with Crippen LogP contribution in [0.25, 0.3) is 11.3 Å². The Morgan fingerprint density at radius 1 is 1.22 bits per heavy atom. The molecule has 37 heavy (non-hydrogen) atoms. The van der Waals surface area contributed by atoms with E-state index in [1.165, 1.54) is 6.07 Å². The van der Waals surface area contributed by atoms with Gasteiger partial charge in [-0.3, -0.25) is 9.69 Å². The van der Waals surface area contributed by atoms with Crippen molar-refractivity contribution < 1.29 is 18.7 Å². The van der Waals surface area contributed by atoms with Gasteiger partial charge in [-0.2, -0.15) is 0 Å². The van der Waals surface area contributed by atoms with Crippen molar-refractivity contribution in [3.63, 3.8) is 0 Å². The maximum atomic E-state index is 15.0. The number of carbonyl (C=O) groups is 1. The monoisotopic (exact) mass is 529 g/mol. The second-order valence-corrected chi connectivity index (χ2v) is 11.4. The van der Waals surface area contributed by atoms with Crippen molar-refractivity contribution in [1.29, 1.82) is 0 Å². The minimum Gasteiger partial charge on any atom is -0.489 e. The van der Waals surface area contributed by atoms with E-state index < -0.39 is 5.82 Å². The standard InChI is InChI=1S/C27H33ClFN5O3/c1-27(2)10-16(32-13-18(14-32)36-3)12-34(27)25-21-24(37-15-17-11-30-8-9-33(17)26(21)35)22(28)23(31-25)19-6-4-5-7-20(19)29/h4-7,16-18,30H,8-15H2,1-3H3/t16-,17+/m0/s1. The highest BCUT2D eigenvalue weighted by Crippen LogP contribution is 2.47. The number of rotatable bonds is 4. The number of pyridine rings is 1. The molecule has 1 N–H and O–H groups in total. The highest BCUT2D eigenvalue weighted by molar-refractivity contribution is 6.35. The van der Waals surface area contributed by atoms with Gasteiger partial charge in [0.1, 0.15) is 28.8 Å². The smallest absolute Gasteiger partial charge is 0.261 e. The highest BCUT2D eigenvalue weighted by atomic mass is 35.5. The van der Waals surface area contributed by atoms with Gasteiger partial charge in [0.15, 0.2) is 5.75 Å². The second kappa shape index (κ2) is 9.38. The predicted octanol–water partition coefficient (Wildman–Crippen LogP) is 3.04. The fraction of sp³-hybridized carbons (Fsp3) is 0.556. The number of fused-ring (bicyclic) bond motifs is 2. The number of benzene rings is 1. The normalized spacial score (nSPS) is 25.8. The van der Waals surface area contributed by atoms with Gasteiger partial charge in [-0.1, -0.05) is 23.7 Å². The zero-order chi connectivity index (χ0) is 25.9. The van der Waals surface area contributed by atoms with Crippen LogP contribution >= 0.6 is 11.6 Å². The zero-order valence-electron chi connectivity index (χ0n) is 21.5. The fourth-order valence-electron chi connectivity index (χ4n) is 6.13. The number of nitrogens with zero attached hydrogens (tertiary/aromatic N) is 4. The number of likely N-dealkylation sites (tertiary alicyclic amines) is 1. The predicted molar refractivity (Wildman–Crippen MR) is 140 cm³/mol. The van der Waals surface area contributed by atoms with Crippen molar-refractivity contribution in [3.8, 4) is 17.0 Å². The highest BCUT2D eigenvalue weighted by Gasteiger charge is 2.47. The van der Waals surface area contributed by atoms with Crippen LogP contribution in [-0.2, 0) is 4.74 Å². The summed E-state index contributed by atoms with van der Waals surface area (Å²) < 4.78 is 26.7. The van der Waals surface area contributed by atoms with E-state index in [1.807, 2.05) is 4.90 Å². The van der Waals surface area contributed by atoms with Crippen molar-refractivity contribution in [2.45, 2.75) is 44.0 Å². The molecule has 3 fully saturated rings. The topological polar surface area (TPSA) is 70.2 Å². The average Bonchev–Trinajstić information content (AvgIpc) is 3.08. The quantitative estimate of drug-likeness (QED) is 0.653. The Morgan fingerprint density at radius 2 is 2.00 bits per heavy atom. The number of hydrogen-bond donors (Lipinski definition) is 1. The van der Waals surface area contributed by atoms with E-state index in [0.29, 0.717) is 61.7 Å². The molecule has 6 rings (SSSR count). The lowest BCUT2D eigenvalue weighted by molar-refractivity contribution is -0.0475. The molecule has 1 aromatic heterocycles. The molecule has 0 bridgehead atoms. The van der Waals surface area contributed by atoms with Crippen LogP contribution in [0, 0.1) is 5.82 Å². The molecule has 0 unspecified atom stereocenters. The van der Waals surface area contributed by atoms with E-state index in [4.69, 9.17) is 26.1 Å². The van der Waals surface area contributed by atoms with Crippen LogP contribution in [0.2, 0.25) is 5.02 Å². The third kappa shape index (κ3) is 4.16. The van der Waals surface area contributed by atoms with Crippen molar-refractivity contribution in [2.24, 2.45) is 0 Å². The molecule has 4 aliphatic heterocycles.